The van der Waals surface area contributed by atoms with Crippen LogP contribution in [0.15, 0.2) is 38.2 Å². The van der Waals surface area contributed by atoms with Crippen LogP contribution in [-0.2, 0) is 12.2 Å². The number of halogens is 1. The second-order valence-electron chi connectivity index (χ2n) is 3.93. The van der Waals surface area contributed by atoms with Gasteiger partial charge in [0.25, 0.3) is 0 Å². The Morgan fingerprint density at radius 3 is 3.00 bits per heavy atom. The van der Waals surface area contributed by atoms with E-state index in [-0.39, 0.29) is 0 Å². The molecule has 1 aromatic heterocycles. The molecule has 0 bridgehead atoms. The molecular weight excluding hydrogens is 326 g/mol. The minimum atomic E-state index is 0.698. The van der Waals surface area contributed by atoms with Crippen molar-refractivity contribution in [3.63, 3.8) is 0 Å². The minimum absolute atomic E-state index is 0.698. The van der Waals surface area contributed by atoms with Gasteiger partial charge in [0.05, 0.1) is 5.75 Å². The number of likely N-dealkylation sites (N-methyl/N-ethyl adjacent to an activating group) is 1. The molecule has 0 spiro atoms. The third-order valence-corrected chi connectivity index (χ3v) is 4.49. The van der Waals surface area contributed by atoms with Gasteiger partial charge >= 0.3 is 0 Å². The van der Waals surface area contributed by atoms with E-state index >= 15 is 0 Å². The van der Waals surface area contributed by atoms with Crippen LogP contribution in [0.2, 0.25) is 0 Å². The third kappa shape index (κ3) is 4.63. The highest BCUT2D eigenvalue weighted by Crippen LogP contribution is 2.28. The Labute approximate surface area is 125 Å². The zero-order valence-electron chi connectivity index (χ0n) is 10.7. The van der Waals surface area contributed by atoms with Gasteiger partial charge in [-0.15, -0.1) is 11.8 Å². The largest absolute Gasteiger partial charge is 0.339 e. The lowest BCUT2D eigenvalue weighted by molar-refractivity contribution is 0.372. The molecule has 0 aliphatic rings. The molecule has 0 aliphatic heterocycles. The standard InChI is InChI=1S/C13H16BrN3OS/c1-2-15-8-7-13-16-12(17-18-13)9-19-11-6-4-3-5-10(11)14/h3-6,15H,2,7-9H2,1H3. The summed E-state index contributed by atoms with van der Waals surface area (Å²) < 4.78 is 6.30. The fraction of sp³-hybridized carbons (Fsp3) is 0.385. The molecular formula is C13H16BrN3OS. The summed E-state index contributed by atoms with van der Waals surface area (Å²) in [5.74, 6) is 2.16. The molecule has 0 saturated carbocycles. The summed E-state index contributed by atoms with van der Waals surface area (Å²) in [5, 5.41) is 7.22. The normalized spacial score (nSPS) is 10.8. The molecule has 0 amide bonds. The van der Waals surface area contributed by atoms with Crippen LogP contribution in [0.3, 0.4) is 0 Å². The highest BCUT2D eigenvalue weighted by molar-refractivity contribution is 9.10. The molecule has 0 fully saturated rings. The average molecular weight is 342 g/mol. The van der Waals surface area contributed by atoms with E-state index in [1.807, 2.05) is 18.2 Å². The molecule has 1 heterocycles. The molecule has 6 heteroatoms. The van der Waals surface area contributed by atoms with Gasteiger partial charge in [-0.3, -0.25) is 0 Å². The molecule has 0 atom stereocenters. The Morgan fingerprint density at radius 1 is 1.37 bits per heavy atom. The van der Waals surface area contributed by atoms with Crippen LogP contribution in [0, 0.1) is 0 Å². The summed E-state index contributed by atoms with van der Waals surface area (Å²) in [6.45, 7) is 3.90. The van der Waals surface area contributed by atoms with Crippen molar-refractivity contribution < 1.29 is 4.52 Å². The van der Waals surface area contributed by atoms with Crippen LogP contribution < -0.4 is 5.32 Å². The van der Waals surface area contributed by atoms with Crippen LogP contribution in [0.1, 0.15) is 18.6 Å². The van der Waals surface area contributed by atoms with Crippen molar-refractivity contribution in [1.82, 2.24) is 15.5 Å². The van der Waals surface area contributed by atoms with E-state index < -0.39 is 0 Å². The number of benzene rings is 1. The van der Waals surface area contributed by atoms with E-state index in [1.54, 1.807) is 11.8 Å². The van der Waals surface area contributed by atoms with Crippen molar-refractivity contribution in [1.29, 1.82) is 0 Å². The summed E-state index contributed by atoms with van der Waals surface area (Å²) in [4.78, 5) is 5.55. The number of aromatic nitrogens is 2. The molecule has 0 unspecified atom stereocenters. The number of thioether (sulfide) groups is 1. The van der Waals surface area contributed by atoms with E-state index in [1.165, 1.54) is 4.90 Å². The van der Waals surface area contributed by atoms with E-state index in [0.717, 1.165) is 29.8 Å². The maximum atomic E-state index is 5.20. The quantitative estimate of drug-likeness (QED) is 0.618. The van der Waals surface area contributed by atoms with Crippen LogP contribution in [0.25, 0.3) is 0 Å². The van der Waals surface area contributed by atoms with Crippen molar-refractivity contribution >= 4 is 27.7 Å². The Bertz CT molecular complexity index is 518. The first-order valence-electron chi connectivity index (χ1n) is 6.19. The number of rotatable bonds is 7. The van der Waals surface area contributed by atoms with Gasteiger partial charge in [-0.2, -0.15) is 4.98 Å². The van der Waals surface area contributed by atoms with Gasteiger partial charge in [-0.25, -0.2) is 0 Å². The lowest BCUT2D eigenvalue weighted by Gasteiger charge is -2.00. The molecule has 2 rings (SSSR count). The van der Waals surface area contributed by atoms with Crippen LogP contribution in [-0.4, -0.2) is 23.2 Å². The molecule has 1 N–H and O–H groups in total. The number of nitrogens with one attached hydrogen (secondary N) is 1. The molecule has 0 radical (unpaired) electrons. The smallest absolute Gasteiger partial charge is 0.227 e. The van der Waals surface area contributed by atoms with Crippen LogP contribution in [0.5, 0.6) is 0 Å². The fourth-order valence-corrected chi connectivity index (χ4v) is 2.94. The van der Waals surface area contributed by atoms with E-state index in [4.69, 9.17) is 4.52 Å². The summed E-state index contributed by atoms with van der Waals surface area (Å²) >= 11 is 5.22. The summed E-state index contributed by atoms with van der Waals surface area (Å²) in [6, 6.07) is 8.12. The predicted molar refractivity (Wildman–Crippen MR) is 80.2 cm³/mol. The monoisotopic (exact) mass is 341 g/mol. The Hall–Kier alpha value is -0.850. The number of hydrogen-bond acceptors (Lipinski definition) is 5. The zero-order chi connectivity index (χ0) is 13.5. The average Bonchev–Trinajstić information content (AvgIpc) is 2.86. The maximum absolute atomic E-state index is 5.20. The molecule has 102 valence electrons. The van der Waals surface area contributed by atoms with Gasteiger partial charge in [0.1, 0.15) is 0 Å². The summed E-state index contributed by atoms with van der Waals surface area (Å²) in [5.41, 5.74) is 0. The third-order valence-electron chi connectivity index (χ3n) is 2.47. The van der Waals surface area contributed by atoms with Crippen molar-refractivity contribution in [2.75, 3.05) is 13.1 Å². The van der Waals surface area contributed by atoms with Crippen LogP contribution in [0.4, 0.5) is 0 Å². The topological polar surface area (TPSA) is 51.0 Å². The van der Waals surface area contributed by atoms with Crippen molar-refractivity contribution in [3.8, 4) is 0 Å². The first-order valence-corrected chi connectivity index (χ1v) is 7.97. The summed E-state index contributed by atoms with van der Waals surface area (Å²) in [7, 11) is 0. The Balaban J connectivity index is 1.85. The minimum Gasteiger partial charge on any atom is -0.339 e. The van der Waals surface area contributed by atoms with E-state index in [2.05, 4.69) is 44.4 Å². The van der Waals surface area contributed by atoms with Gasteiger partial charge in [-0.05, 0) is 34.6 Å². The Morgan fingerprint density at radius 2 is 2.21 bits per heavy atom. The molecule has 19 heavy (non-hydrogen) atoms. The predicted octanol–water partition coefficient (Wildman–Crippen LogP) is 3.28. The van der Waals surface area contributed by atoms with Gasteiger partial charge in [-0.1, -0.05) is 24.2 Å². The lowest BCUT2D eigenvalue weighted by atomic mass is 10.4. The zero-order valence-corrected chi connectivity index (χ0v) is 13.1. The van der Waals surface area contributed by atoms with Crippen molar-refractivity contribution in [2.24, 2.45) is 0 Å². The number of hydrogen-bond donors (Lipinski definition) is 1. The van der Waals surface area contributed by atoms with Gasteiger partial charge in [0, 0.05) is 22.3 Å². The van der Waals surface area contributed by atoms with Gasteiger partial charge in [0.2, 0.25) is 5.89 Å². The second-order valence-corrected chi connectivity index (χ2v) is 5.80. The molecule has 0 aliphatic carbocycles. The van der Waals surface area contributed by atoms with Crippen molar-refractivity contribution in [3.05, 3.63) is 40.5 Å². The van der Waals surface area contributed by atoms with Crippen LogP contribution >= 0.6 is 27.7 Å². The van der Waals surface area contributed by atoms with Gasteiger partial charge in [0.15, 0.2) is 5.82 Å². The maximum Gasteiger partial charge on any atom is 0.227 e. The molecule has 4 nitrogen and oxygen atoms in total. The molecule has 1 aromatic carbocycles. The van der Waals surface area contributed by atoms with Crippen molar-refractivity contribution in [2.45, 2.75) is 24.0 Å². The first-order chi connectivity index (χ1) is 9.29. The van der Waals surface area contributed by atoms with E-state index in [0.29, 0.717) is 11.6 Å². The van der Waals surface area contributed by atoms with Gasteiger partial charge < -0.3 is 9.84 Å². The first kappa shape index (κ1) is 14.6. The second kappa shape index (κ2) is 7.67. The fourth-order valence-electron chi connectivity index (χ4n) is 1.53. The number of nitrogens with zero attached hydrogens (tertiary/aromatic N) is 2. The van der Waals surface area contributed by atoms with E-state index in [9.17, 15) is 0 Å². The Kier molecular flexibility index (Phi) is 5.88. The summed E-state index contributed by atoms with van der Waals surface area (Å²) in [6.07, 6.45) is 0.778. The molecule has 2 aromatic rings. The molecule has 0 saturated heterocycles. The highest BCUT2D eigenvalue weighted by atomic mass is 79.9. The SMILES string of the molecule is CCNCCc1nc(CSc2ccccc2Br)no1. The highest BCUT2D eigenvalue weighted by Gasteiger charge is 2.07. The lowest BCUT2D eigenvalue weighted by Crippen LogP contribution is -2.16.